The van der Waals surface area contributed by atoms with Gasteiger partial charge in [-0.1, -0.05) is 0 Å². The second-order valence-electron chi connectivity index (χ2n) is 7.52. The average Bonchev–Trinajstić information content (AvgIpc) is 3.28. The summed E-state index contributed by atoms with van der Waals surface area (Å²) in [6.07, 6.45) is 6.68. The van der Waals surface area contributed by atoms with Gasteiger partial charge in [0.05, 0.1) is 12.1 Å². The number of hydrogen-bond acceptors (Lipinski definition) is 3. The molecule has 128 valence electrons. The highest BCUT2D eigenvalue weighted by Crippen LogP contribution is 2.37. The highest BCUT2D eigenvalue weighted by atomic mass is 16.5. The molecule has 4 fully saturated rings. The molecule has 4 aliphatic heterocycles. The van der Waals surface area contributed by atoms with Gasteiger partial charge in [-0.05, 0) is 38.5 Å². The van der Waals surface area contributed by atoms with Crippen molar-refractivity contribution in [2.75, 3.05) is 39.3 Å². The quantitative estimate of drug-likeness (QED) is 0.734. The van der Waals surface area contributed by atoms with Gasteiger partial charge >= 0.3 is 6.03 Å². The van der Waals surface area contributed by atoms with E-state index >= 15 is 0 Å². The number of amides is 3. The number of urea groups is 1. The first-order valence-corrected chi connectivity index (χ1v) is 9.14. The highest BCUT2D eigenvalue weighted by Gasteiger charge is 2.47. The SMILES string of the molecule is O=C(N1CCCC1)N1CC[C@@]2(C[C@@H](N3CCCC3=O)CCO2)C1. The van der Waals surface area contributed by atoms with Crippen molar-refractivity contribution in [1.82, 2.24) is 14.7 Å². The molecule has 0 aromatic rings. The maximum Gasteiger partial charge on any atom is 0.320 e. The van der Waals surface area contributed by atoms with E-state index in [0.29, 0.717) is 31.5 Å². The highest BCUT2D eigenvalue weighted by molar-refractivity contribution is 5.78. The van der Waals surface area contributed by atoms with Gasteiger partial charge in [-0.3, -0.25) is 4.79 Å². The molecular weight excluding hydrogens is 294 g/mol. The summed E-state index contributed by atoms with van der Waals surface area (Å²) in [6, 6.07) is 0.489. The summed E-state index contributed by atoms with van der Waals surface area (Å²) in [5.41, 5.74) is -0.221. The third-order valence-corrected chi connectivity index (χ3v) is 5.98. The van der Waals surface area contributed by atoms with Crippen LogP contribution in [-0.2, 0) is 9.53 Å². The van der Waals surface area contributed by atoms with Crippen LogP contribution in [0.2, 0.25) is 0 Å². The van der Waals surface area contributed by atoms with Gasteiger partial charge in [0.1, 0.15) is 0 Å². The third-order valence-electron chi connectivity index (χ3n) is 5.98. The fraction of sp³-hybridized carbons (Fsp3) is 0.882. The lowest BCUT2D eigenvalue weighted by atomic mass is 9.89. The Morgan fingerprint density at radius 3 is 2.65 bits per heavy atom. The molecule has 4 heterocycles. The largest absolute Gasteiger partial charge is 0.373 e. The summed E-state index contributed by atoms with van der Waals surface area (Å²) < 4.78 is 6.14. The van der Waals surface area contributed by atoms with Gasteiger partial charge < -0.3 is 19.4 Å². The molecule has 3 amide bonds. The molecule has 0 aliphatic carbocycles. The van der Waals surface area contributed by atoms with E-state index in [2.05, 4.69) is 4.90 Å². The molecule has 0 unspecified atom stereocenters. The molecular formula is C17H27N3O3. The Morgan fingerprint density at radius 2 is 1.91 bits per heavy atom. The molecule has 4 saturated heterocycles. The Labute approximate surface area is 137 Å². The first-order chi connectivity index (χ1) is 11.2. The van der Waals surface area contributed by atoms with Gasteiger partial charge in [0, 0.05) is 45.2 Å². The first kappa shape index (κ1) is 15.2. The molecule has 4 aliphatic rings. The van der Waals surface area contributed by atoms with Gasteiger partial charge in [-0.15, -0.1) is 0 Å². The smallest absolute Gasteiger partial charge is 0.320 e. The topological polar surface area (TPSA) is 53.1 Å². The minimum absolute atomic E-state index is 0.183. The fourth-order valence-electron chi connectivity index (χ4n) is 4.72. The second kappa shape index (κ2) is 5.96. The van der Waals surface area contributed by atoms with E-state index in [1.165, 1.54) is 0 Å². The van der Waals surface area contributed by atoms with Crippen molar-refractivity contribution in [2.45, 2.75) is 56.6 Å². The molecule has 0 N–H and O–H groups in total. The molecule has 4 rings (SSSR count). The van der Waals surface area contributed by atoms with Gasteiger partial charge in [0.15, 0.2) is 0 Å². The molecule has 0 bridgehead atoms. The summed E-state index contributed by atoms with van der Waals surface area (Å²) in [6.45, 7) is 4.88. The van der Waals surface area contributed by atoms with Crippen molar-refractivity contribution >= 4 is 11.9 Å². The molecule has 0 radical (unpaired) electrons. The zero-order valence-electron chi connectivity index (χ0n) is 13.8. The average molecular weight is 321 g/mol. The van der Waals surface area contributed by atoms with Gasteiger partial charge in [-0.2, -0.15) is 0 Å². The van der Waals surface area contributed by atoms with Gasteiger partial charge in [-0.25, -0.2) is 4.79 Å². The van der Waals surface area contributed by atoms with Crippen LogP contribution in [0.5, 0.6) is 0 Å². The Kier molecular flexibility index (Phi) is 3.95. The van der Waals surface area contributed by atoms with Crippen molar-refractivity contribution in [3.05, 3.63) is 0 Å². The van der Waals surface area contributed by atoms with Crippen LogP contribution in [0.1, 0.15) is 44.9 Å². The number of ether oxygens (including phenoxy) is 1. The normalized spacial score (nSPS) is 34.9. The Balaban J connectivity index is 1.40. The molecule has 6 heteroatoms. The molecule has 0 aromatic heterocycles. The van der Waals surface area contributed by atoms with E-state index < -0.39 is 0 Å². The summed E-state index contributed by atoms with van der Waals surface area (Å²) in [5.74, 6) is 0.301. The van der Waals surface area contributed by atoms with Crippen molar-refractivity contribution in [3.63, 3.8) is 0 Å². The number of nitrogens with zero attached hydrogens (tertiary/aromatic N) is 3. The van der Waals surface area contributed by atoms with Crippen LogP contribution in [0, 0.1) is 0 Å². The molecule has 6 nitrogen and oxygen atoms in total. The predicted octanol–water partition coefficient (Wildman–Crippen LogP) is 1.45. The van der Waals surface area contributed by atoms with Gasteiger partial charge in [0.2, 0.25) is 5.91 Å². The maximum atomic E-state index is 12.6. The van der Waals surface area contributed by atoms with Crippen molar-refractivity contribution < 1.29 is 14.3 Å². The first-order valence-electron chi connectivity index (χ1n) is 9.14. The predicted molar refractivity (Wildman–Crippen MR) is 85.0 cm³/mol. The molecule has 2 atom stereocenters. The number of carbonyl (C=O) groups excluding carboxylic acids is 2. The van der Waals surface area contributed by atoms with Crippen LogP contribution in [0.3, 0.4) is 0 Å². The summed E-state index contributed by atoms with van der Waals surface area (Å²) in [4.78, 5) is 30.6. The standard InChI is InChI=1S/C17H27N3O3/c21-15-4-3-9-20(15)14-5-11-23-17(12-14)6-10-19(13-17)16(22)18-7-1-2-8-18/h14H,1-13H2/t14-,17+/m0/s1. The van der Waals surface area contributed by atoms with Crippen LogP contribution in [0.4, 0.5) is 4.79 Å². The number of likely N-dealkylation sites (tertiary alicyclic amines) is 3. The summed E-state index contributed by atoms with van der Waals surface area (Å²) in [5, 5.41) is 0. The number of rotatable bonds is 1. The van der Waals surface area contributed by atoms with Crippen molar-refractivity contribution in [3.8, 4) is 0 Å². The van der Waals surface area contributed by atoms with E-state index in [4.69, 9.17) is 4.74 Å². The Bertz CT molecular complexity index is 491. The van der Waals surface area contributed by atoms with Crippen LogP contribution in [0.25, 0.3) is 0 Å². The molecule has 1 spiro atoms. The zero-order chi connectivity index (χ0) is 15.9. The lowest BCUT2D eigenvalue weighted by Gasteiger charge is -2.41. The minimum Gasteiger partial charge on any atom is -0.373 e. The lowest BCUT2D eigenvalue weighted by molar-refractivity contribution is -0.137. The van der Waals surface area contributed by atoms with Crippen LogP contribution >= 0.6 is 0 Å². The van der Waals surface area contributed by atoms with Crippen molar-refractivity contribution in [2.24, 2.45) is 0 Å². The van der Waals surface area contributed by atoms with E-state index in [9.17, 15) is 9.59 Å². The molecule has 23 heavy (non-hydrogen) atoms. The van der Waals surface area contributed by atoms with Crippen molar-refractivity contribution in [1.29, 1.82) is 0 Å². The van der Waals surface area contributed by atoms with E-state index in [1.807, 2.05) is 9.80 Å². The van der Waals surface area contributed by atoms with Gasteiger partial charge in [0.25, 0.3) is 0 Å². The third kappa shape index (κ3) is 2.82. The second-order valence-corrected chi connectivity index (χ2v) is 7.52. The number of hydrogen-bond donors (Lipinski definition) is 0. The monoisotopic (exact) mass is 321 g/mol. The van der Waals surface area contributed by atoms with Crippen LogP contribution in [-0.4, -0.2) is 77.6 Å². The zero-order valence-corrected chi connectivity index (χ0v) is 13.8. The van der Waals surface area contributed by atoms with E-state index in [1.54, 1.807) is 0 Å². The Morgan fingerprint density at radius 1 is 1.09 bits per heavy atom. The summed E-state index contributed by atoms with van der Waals surface area (Å²) >= 11 is 0. The number of carbonyl (C=O) groups is 2. The summed E-state index contributed by atoms with van der Waals surface area (Å²) in [7, 11) is 0. The lowest BCUT2D eigenvalue weighted by Crippen LogP contribution is -2.51. The Hall–Kier alpha value is -1.30. The minimum atomic E-state index is -0.221. The fourth-order valence-corrected chi connectivity index (χ4v) is 4.72. The van der Waals surface area contributed by atoms with Crippen LogP contribution in [0.15, 0.2) is 0 Å². The maximum absolute atomic E-state index is 12.6. The molecule has 0 saturated carbocycles. The van der Waals surface area contributed by atoms with E-state index in [-0.39, 0.29) is 11.6 Å². The van der Waals surface area contributed by atoms with Crippen LogP contribution < -0.4 is 0 Å². The van der Waals surface area contributed by atoms with E-state index in [0.717, 1.165) is 64.7 Å². The molecule has 0 aromatic carbocycles.